The first-order valence-corrected chi connectivity index (χ1v) is 10.3. The Bertz CT molecular complexity index is 1010. The Kier molecular flexibility index (Phi) is 7.15. The van der Waals surface area contributed by atoms with Crippen LogP contribution in [0.2, 0.25) is 0 Å². The lowest BCUT2D eigenvalue weighted by molar-refractivity contribution is 0.274. The summed E-state index contributed by atoms with van der Waals surface area (Å²) in [6.45, 7) is 0.706. The molecule has 168 valence electrons. The standard InChI is InChI=1S/C27H21F3O3/c28-22-7-1-19(2-8-22)16-31-25-13-26(32-17-20-3-9-23(29)10-4-20)15-27(14-25)33-18-21-5-11-24(30)12-6-21/h1-15H,16-18H2. The molecule has 6 heteroatoms. The van der Waals surface area contributed by atoms with Gasteiger partial charge in [-0.05, 0) is 53.1 Å². The molecule has 0 aliphatic heterocycles. The number of rotatable bonds is 9. The van der Waals surface area contributed by atoms with Crippen molar-refractivity contribution in [3.05, 3.63) is 125 Å². The Balaban J connectivity index is 1.48. The van der Waals surface area contributed by atoms with E-state index in [0.717, 1.165) is 16.7 Å². The lowest BCUT2D eigenvalue weighted by Gasteiger charge is -2.14. The van der Waals surface area contributed by atoms with Crippen LogP contribution in [0.15, 0.2) is 91.0 Å². The predicted octanol–water partition coefficient (Wildman–Crippen LogP) is 6.84. The molecule has 0 aromatic heterocycles. The van der Waals surface area contributed by atoms with Gasteiger partial charge in [-0.2, -0.15) is 0 Å². The van der Waals surface area contributed by atoms with E-state index in [2.05, 4.69) is 0 Å². The Morgan fingerprint density at radius 2 is 0.636 bits per heavy atom. The molecule has 0 saturated heterocycles. The highest BCUT2D eigenvalue weighted by Crippen LogP contribution is 2.30. The van der Waals surface area contributed by atoms with Gasteiger partial charge in [-0.25, -0.2) is 13.2 Å². The highest BCUT2D eigenvalue weighted by Gasteiger charge is 2.07. The minimum atomic E-state index is -0.313. The highest BCUT2D eigenvalue weighted by atomic mass is 19.1. The molecule has 0 saturated carbocycles. The summed E-state index contributed by atoms with van der Waals surface area (Å²) in [7, 11) is 0. The molecule has 0 bridgehead atoms. The van der Waals surface area contributed by atoms with Gasteiger partial charge in [-0.3, -0.25) is 0 Å². The minimum Gasteiger partial charge on any atom is -0.489 e. The Morgan fingerprint density at radius 3 is 0.879 bits per heavy atom. The molecule has 0 unspecified atom stereocenters. The normalized spacial score (nSPS) is 10.6. The third-order valence-electron chi connectivity index (χ3n) is 4.81. The van der Waals surface area contributed by atoms with Crippen LogP contribution in [0, 0.1) is 17.5 Å². The lowest BCUT2D eigenvalue weighted by atomic mass is 10.2. The topological polar surface area (TPSA) is 27.7 Å². The summed E-state index contributed by atoms with van der Waals surface area (Å²) in [5.41, 5.74) is 2.42. The van der Waals surface area contributed by atoms with Crippen LogP contribution in [0.3, 0.4) is 0 Å². The van der Waals surface area contributed by atoms with Crippen LogP contribution < -0.4 is 14.2 Å². The van der Waals surface area contributed by atoms with Crippen molar-refractivity contribution in [3.8, 4) is 17.2 Å². The average Bonchev–Trinajstić information content (AvgIpc) is 2.83. The molecular weight excluding hydrogens is 429 g/mol. The zero-order valence-electron chi connectivity index (χ0n) is 17.6. The van der Waals surface area contributed by atoms with Gasteiger partial charge < -0.3 is 14.2 Å². The van der Waals surface area contributed by atoms with Crippen LogP contribution in [-0.4, -0.2) is 0 Å². The van der Waals surface area contributed by atoms with E-state index >= 15 is 0 Å². The molecule has 0 aliphatic carbocycles. The van der Waals surface area contributed by atoms with E-state index in [-0.39, 0.29) is 37.3 Å². The smallest absolute Gasteiger partial charge is 0.127 e. The van der Waals surface area contributed by atoms with E-state index in [1.165, 1.54) is 36.4 Å². The first kappa shape index (κ1) is 22.3. The maximum absolute atomic E-state index is 13.1. The molecule has 4 rings (SSSR count). The molecule has 33 heavy (non-hydrogen) atoms. The predicted molar refractivity (Wildman–Crippen MR) is 119 cm³/mol. The summed E-state index contributed by atoms with van der Waals surface area (Å²) in [6.07, 6.45) is 0. The Morgan fingerprint density at radius 1 is 0.394 bits per heavy atom. The van der Waals surface area contributed by atoms with Crippen molar-refractivity contribution >= 4 is 0 Å². The van der Waals surface area contributed by atoms with Gasteiger partial charge in [0.2, 0.25) is 0 Å². The first-order valence-electron chi connectivity index (χ1n) is 10.3. The highest BCUT2D eigenvalue weighted by molar-refractivity contribution is 5.42. The quantitative estimate of drug-likeness (QED) is 0.279. The fourth-order valence-corrected chi connectivity index (χ4v) is 3.04. The van der Waals surface area contributed by atoms with Crippen LogP contribution in [0.4, 0.5) is 13.2 Å². The van der Waals surface area contributed by atoms with Crippen molar-refractivity contribution in [1.29, 1.82) is 0 Å². The molecular formula is C27H21F3O3. The molecule has 3 nitrogen and oxygen atoms in total. The average molecular weight is 450 g/mol. The summed E-state index contributed by atoms with van der Waals surface area (Å²) in [4.78, 5) is 0. The van der Waals surface area contributed by atoms with Crippen LogP contribution >= 0.6 is 0 Å². The zero-order chi connectivity index (χ0) is 23.0. The maximum atomic E-state index is 13.1. The summed E-state index contributed by atoms with van der Waals surface area (Å²) in [6, 6.07) is 23.3. The summed E-state index contributed by atoms with van der Waals surface area (Å²) in [5.74, 6) is 0.573. The number of halogens is 3. The minimum absolute atomic E-state index is 0.235. The second-order valence-corrected chi connectivity index (χ2v) is 7.39. The molecule has 0 aliphatic rings. The van der Waals surface area contributed by atoms with Crippen LogP contribution in [-0.2, 0) is 19.8 Å². The van der Waals surface area contributed by atoms with Gasteiger partial charge in [0.1, 0.15) is 54.5 Å². The monoisotopic (exact) mass is 450 g/mol. The number of benzene rings is 4. The van der Waals surface area contributed by atoms with Crippen LogP contribution in [0.25, 0.3) is 0 Å². The van der Waals surface area contributed by atoms with Crippen molar-refractivity contribution in [2.45, 2.75) is 19.8 Å². The molecule has 0 heterocycles. The van der Waals surface area contributed by atoms with E-state index in [4.69, 9.17) is 14.2 Å². The number of hydrogen-bond donors (Lipinski definition) is 0. The second-order valence-electron chi connectivity index (χ2n) is 7.39. The number of hydrogen-bond acceptors (Lipinski definition) is 3. The molecule has 4 aromatic carbocycles. The molecule has 0 N–H and O–H groups in total. The van der Waals surface area contributed by atoms with Crippen molar-refractivity contribution in [3.63, 3.8) is 0 Å². The second kappa shape index (κ2) is 10.6. The van der Waals surface area contributed by atoms with Gasteiger partial charge in [-0.15, -0.1) is 0 Å². The van der Waals surface area contributed by atoms with E-state index in [1.54, 1.807) is 54.6 Å². The van der Waals surface area contributed by atoms with E-state index in [0.29, 0.717) is 17.2 Å². The third kappa shape index (κ3) is 6.77. The fourth-order valence-electron chi connectivity index (χ4n) is 3.04. The van der Waals surface area contributed by atoms with Crippen LogP contribution in [0.5, 0.6) is 17.2 Å². The van der Waals surface area contributed by atoms with Gasteiger partial charge in [0, 0.05) is 18.2 Å². The summed E-state index contributed by atoms with van der Waals surface area (Å²) >= 11 is 0. The van der Waals surface area contributed by atoms with Crippen LogP contribution in [0.1, 0.15) is 16.7 Å². The molecule has 0 spiro atoms. The van der Waals surface area contributed by atoms with Gasteiger partial charge in [-0.1, -0.05) is 36.4 Å². The van der Waals surface area contributed by atoms with E-state index in [1.807, 2.05) is 0 Å². The van der Waals surface area contributed by atoms with Crippen molar-refractivity contribution in [2.75, 3.05) is 0 Å². The fraction of sp³-hybridized carbons (Fsp3) is 0.111. The Labute approximate surface area is 190 Å². The molecule has 0 fully saturated rings. The summed E-state index contributed by atoms with van der Waals surface area (Å²) in [5, 5.41) is 0. The van der Waals surface area contributed by atoms with Crippen molar-refractivity contribution < 1.29 is 27.4 Å². The summed E-state index contributed by atoms with van der Waals surface area (Å²) < 4.78 is 57.0. The zero-order valence-corrected chi connectivity index (χ0v) is 17.6. The van der Waals surface area contributed by atoms with Crippen molar-refractivity contribution in [2.24, 2.45) is 0 Å². The molecule has 0 amide bonds. The van der Waals surface area contributed by atoms with Gasteiger partial charge in [0.05, 0.1) is 0 Å². The molecule has 0 atom stereocenters. The first-order chi connectivity index (χ1) is 16.0. The Hall–Kier alpha value is -3.93. The number of ether oxygens (including phenoxy) is 3. The largest absolute Gasteiger partial charge is 0.489 e. The van der Waals surface area contributed by atoms with Gasteiger partial charge in [0.15, 0.2) is 0 Å². The molecule has 0 radical (unpaired) electrons. The van der Waals surface area contributed by atoms with Crippen molar-refractivity contribution in [1.82, 2.24) is 0 Å². The van der Waals surface area contributed by atoms with E-state index < -0.39 is 0 Å². The maximum Gasteiger partial charge on any atom is 0.127 e. The van der Waals surface area contributed by atoms with Gasteiger partial charge >= 0.3 is 0 Å². The van der Waals surface area contributed by atoms with Gasteiger partial charge in [0.25, 0.3) is 0 Å². The van der Waals surface area contributed by atoms with E-state index in [9.17, 15) is 13.2 Å². The molecule has 4 aromatic rings. The SMILES string of the molecule is Fc1ccc(COc2cc(OCc3ccc(F)cc3)cc(OCc3ccc(F)cc3)c2)cc1. The lowest BCUT2D eigenvalue weighted by Crippen LogP contribution is -2.00. The third-order valence-corrected chi connectivity index (χ3v) is 4.81.